The lowest BCUT2D eigenvalue weighted by molar-refractivity contribution is 0.0514. The largest absolute Gasteiger partial charge is 0.335 e. The summed E-state index contributed by atoms with van der Waals surface area (Å²) in [4.78, 5) is 9.96. The molecule has 10 heavy (non-hydrogen) atoms. The molecule has 1 rings (SSSR count). The molecule has 0 aliphatic heterocycles. The predicted molar refractivity (Wildman–Crippen MR) is 26.7 cm³/mol. The van der Waals surface area contributed by atoms with E-state index in [2.05, 4.69) is 10.3 Å². The molecule has 0 aromatic carbocycles. The van der Waals surface area contributed by atoms with Gasteiger partial charge in [-0.2, -0.15) is 13.5 Å². The average molecular weight is 147 g/mol. The monoisotopic (exact) mass is 147 g/mol. The maximum absolute atomic E-state index is 11.7. The van der Waals surface area contributed by atoms with Crippen LogP contribution in [0, 0.1) is 0 Å². The fourth-order valence-electron chi connectivity index (χ4n) is 0.488. The number of rotatable bonds is 2. The molecule has 0 saturated carbocycles. The number of alkyl halides is 2. The Morgan fingerprint density at radius 3 is 2.80 bits per heavy atom. The van der Waals surface area contributed by atoms with Crippen molar-refractivity contribution in [3.05, 3.63) is 11.9 Å². The molecule has 0 radical (unpaired) electrons. The van der Waals surface area contributed by atoms with E-state index < -0.39 is 6.55 Å². The number of halogens is 2. The van der Waals surface area contributed by atoms with Gasteiger partial charge in [0.25, 0.3) is 0 Å². The van der Waals surface area contributed by atoms with E-state index in [0.29, 0.717) is 0 Å². The van der Waals surface area contributed by atoms with Gasteiger partial charge in [0.05, 0.1) is 6.20 Å². The summed E-state index contributed by atoms with van der Waals surface area (Å²) in [6.45, 7) is -2.80. The average Bonchev–Trinajstić information content (AvgIpc) is 2.33. The quantitative estimate of drug-likeness (QED) is 0.572. The lowest BCUT2D eigenvalue weighted by atomic mass is 10.5. The second-order valence-electron chi connectivity index (χ2n) is 1.50. The van der Waals surface area contributed by atoms with Crippen LogP contribution in [0.5, 0.6) is 0 Å². The molecule has 0 amide bonds. The van der Waals surface area contributed by atoms with Crippen LogP contribution in [0.1, 0.15) is 17.0 Å². The lowest BCUT2D eigenvalue weighted by Crippen LogP contribution is -2.04. The van der Waals surface area contributed by atoms with E-state index in [0.717, 1.165) is 6.20 Å². The number of nitrogens with zero attached hydrogens (tertiary/aromatic N) is 3. The highest BCUT2D eigenvalue weighted by Gasteiger charge is 2.10. The van der Waals surface area contributed by atoms with Gasteiger partial charge in [0.2, 0.25) is 0 Å². The third kappa shape index (κ3) is 0.996. The molecule has 1 heterocycles. The first kappa shape index (κ1) is 6.79. The summed E-state index contributed by atoms with van der Waals surface area (Å²) in [6, 6.07) is 0. The number of aromatic nitrogens is 3. The van der Waals surface area contributed by atoms with Crippen LogP contribution in [0.4, 0.5) is 8.78 Å². The van der Waals surface area contributed by atoms with Crippen LogP contribution in [-0.4, -0.2) is 21.3 Å². The molecule has 1 aromatic rings. The second kappa shape index (κ2) is 2.51. The molecule has 0 fully saturated rings. The molecular weight excluding hydrogens is 144 g/mol. The van der Waals surface area contributed by atoms with E-state index in [-0.39, 0.29) is 16.7 Å². The molecule has 1 aromatic heterocycles. The number of carbonyl (C=O) groups is 1. The third-order valence-electron chi connectivity index (χ3n) is 0.908. The van der Waals surface area contributed by atoms with Gasteiger partial charge in [0.15, 0.2) is 6.29 Å². The number of aldehydes is 1. The van der Waals surface area contributed by atoms with Crippen molar-refractivity contribution in [2.75, 3.05) is 0 Å². The maximum atomic E-state index is 11.7. The topological polar surface area (TPSA) is 47.8 Å². The van der Waals surface area contributed by atoms with Gasteiger partial charge in [-0.05, 0) is 0 Å². The smallest absolute Gasteiger partial charge is 0.296 e. The minimum absolute atomic E-state index is 0.227. The van der Waals surface area contributed by atoms with Gasteiger partial charge in [-0.3, -0.25) is 4.79 Å². The van der Waals surface area contributed by atoms with Crippen molar-refractivity contribution in [1.82, 2.24) is 15.0 Å². The van der Waals surface area contributed by atoms with Crippen LogP contribution >= 0.6 is 0 Å². The molecule has 4 nitrogen and oxygen atoms in total. The number of carbonyl (C=O) groups excluding carboxylic acids is 1. The summed E-state index contributed by atoms with van der Waals surface area (Å²) in [7, 11) is 0. The highest BCUT2D eigenvalue weighted by atomic mass is 19.3. The third-order valence-corrected chi connectivity index (χ3v) is 0.908. The van der Waals surface area contributed by atoms with Crippen LogP contribution < -0.4 is 0 Å². The Kier molecular flexibility index (Phi) is 1.70. The van der Waals surface area contributed by atoms with Crippen molar-refractivity contribution in [1.29, 1.82) is 0 Å². The van der Waals surface area contributed by atoms with Crippen molar-refractivity contribution in [3.63, 3.8) is 0 Å². The Labute approximate surface area is 54.4 Å². The molecule has 6 heteroatoms. The molecule has 0 bridgehead atoms. The molecule has 0 atom stereocenters. The fourth-order valence-corrected chi connectivity index (χ4v) is 0.488. The summed E-state index contributed by atoms with van der Waals surface area (Å²) in [5, 5.41) is 6.09. The molecule has 0 aliphatic rings. The van der Waals surface area contributed by atoms with Crippen LogP contribution in [-0.2, 0) is 0 Å². The van der Waals surface area contributed by atoms with Gasteiger partial charge in [-0.25, -0.2) is 0 Å². The van der Waals surface area contributed by atoms with Crippen LogP contribution in [0.25, 0.3) is 0 Å². The van der Waals surface area contributed by atoms with Crippen molar-refractivity contribution in [2.45, 2.75) is 6.55 Å². The molecule has 0 saturated heterocycles. The van der Waals surface area contributed by atoms with E-state index >= 15 is 0 Å². The Morgan fingerprint density at radius 1 is 1.70 bits per heavy atom. The van der Waals surface area contributed by atoms with Crippen LogP contribution in [0.15, 0.2) is 6.20 Å². The molecule has 0 spiro atoms. The SMILES string of the molecule is O=Cc1cnnn1C(F)F. The molecule has 54 valence electrons. The maximum Gasteiger partial charge on any atom is 0.335 e. The van der Waals surface area contributed by atoms with E-state index in [1.54, 1.807) is 0 Å². The van der Waals surface area contributed by atoms with Gasteiger partial charge in [0, 0.05) is 0 Å². The highest BCUT2D eigenvalue weighted by molar-refractivity contribution is 5.71. The zero-order valence-corrected chi connectivity index (χ0v) is 4.74. The zero-order valence-electron chi connectivity index (χ0n) is 4.74. The zero-order chi connectivity index (χ0) is 7.56. The minimum Gasteiger partial charge on any atom is -0.296 e. The Bertz CT molecular complexity index is 234. The van der Waals surface area contributed by atoms with E-state index in [1.165, 1.54) is 0 Å². The van der Waals surface area contributed by atoms with Gasteiger partial charge in [-0.1, -0.05) is 5.21 Å². The van der Waals surface area contributed by atoms with Gasteiger partial charge in [0.1, 0.15) is 5.69 Å². The molecule has 0 N–H and O–H groups in total. The van der Waals surface area contributed by atoms with Crippen molar-refractivity contribution < 1.29 is 13.6 Å². The van der Waals surface area contributed by atoms with E-state index in [9.17, 15) is 13.6 Å². The summed E-state index contributed by atoms with van der Waals surface area (Å²) in [6.07, 6.45) is 1.24. The number of hydrogen-bond donors (Lipinski definition) is 0. The first-order chi connectivity index (χ1) is 4.75. The highest BCUT2D eigenvalue weighted by Crippen LogP contribution is 2.08. The minimum atomic E-state index is -2.80. The van der Waals surface area contributed by atoms with Gasteiger partial charge >= 0.3 is 6.55 Å². The Morgan fingerprint density at radius 2 is 2.40 bits per heavy atom. The van der Waals surface area contributed by atoms with E-state index in [4.69, 9.17) is 0 Å². The first-order valence-electron chi connectivity index (χ1n) is 2.39. The van der Waals surface area contributed by atoms with Crippen molar-refractivity contribution >= 4 is 6.29 Å². The predicted octanol–water partition coefficient (Wildman–Crippen LogP) is 0.486. The molecule has 0 aliphatic carbocycles. The van der Waals surface area contributed by atoms with Crippen molar-refractivity contribution in [3.8, 4) is 0 Å². The second-order valence-corrected chi connectivity index (χ2v) is 1.50. The molecule has 0 unspecified atom stereocenters. The summed E-state index contributed by atoms with van der Waals surface area (Å²) in [5.41, 5.74) is -0.227. The first-order valence-corrected chi connectivity index (χ1v) is 2.39. The van der Waals surface area contributed by atoms with Gasteiger partial charge < -0.3 is 0 Å². The summed E-state index contributed by atoms with van der Waals surface area (Å²) in [5.74, 6) is 0. The Hall–Kier alpha value is -1.33. The summed E-state index contributed by atoms with van der Waals surface area (Å²) < 4.78 is 23.7. The standard InChI is InChI=1S/C4H3F2N3O/c5-4(6)9-3(2-10)1-7-8-9/h1-2,4H. The normalized spacial score (nSPS) is 10.3. The number of hydrogen-bond acceptors (Lipinski definition) is 3. The van der Waals surface area contributed by atoms with E-state index in [1.807, 2.05) is 0 Å². The van der Waals surface area contributed by atoms with Crippen molar-refractivity contribution in [2.24, 2.45) is 0 Å². The van der Waals surface area contributed by atoms with Crippen LogP contribution in [0.3, 0.4) is 0 Å². The Balaban J connectivity index is 3.01. The lowest BCUT2D eigenvalue weighted by Gasteiger charge is -1.96. The van der Waals surface area contributed by atoms with Crippen LogP contribution in [0.2, 0.25) is 0 Å². The fraction of sp³-hybridized carbons (Fsp3) is 0.250. The molecular formula is C4H3F2N3O. The van der Waals surface area contributed by atoms with Gasteiger partial charge in [-0.15, -0.1) is 5.10 Å². The summed E-state index contributed by atoms with van der Waals surface area (Å²) >= 11 is 0.